The molecule has 0 radical (unpaired) electrons. The van der Waals surface area contributed by atoms with Crippen molar-refractivity contribution in [3.63, 3.8) is 0 Å². The molecule has 0 saturated heterocycles. The molecule has 3 nitrogen and oxygen atoms in total. The molecular weight excluding hydrogens is 202 g/mol. The molecule has 3 heteroatoms. The van der Waals surface area contributed by atoms with Gasteiger partial charge in [0.05, 0.1) is 5.41 Å². The molecule has 2 atom stereocenters. The molecule has 0 aromatic rings. The third-order valence-corrected chi connectivity index (χ3v) is 3.74. The van der Waals surface area contributed by atoms with Gasteiger partial charge in [0.25, 0.3) is 0 Å². The summed E-state index contributed by atoms with van der Waals surface area (Å²) in [5.74, 6) is -0.230. The maximum absolute atomic E-state index is 11.3. The summed E-state index contributed by atoms with van der Waals surface area (Å²) in [4.78, 5) is 11.3. The van der Waals surface area contributed by atoms with Crippen molar-refractivity contribution in [3.05, 3.63) is 0 Å². The molecule has 0 bridgehead atoms. The second-order valence-corrected chi connectivity index (χ2v) is 4.76. The van der Waals surface area contributed by atoms with Crippen molar-refractivity contribution in [1.82, 2.24) is 0 Å². The van der Waals surface area contributed by atoms with Gasteiger partial charge in [0.1, 0.15) is 0 Å². The topological polar surface area (TPSA) is 63.3 Å². The fourth-order valence-electron chi connectivity index (χ4n) is 2.19. The number of carboxylic acid groups (broad SMARTS) is 1. The van der Waals surface area contributed by atoms with Crippen LogP contribution in [0, 0.1) is 11.3 Å². The summed E-state index contributed by atoms with van der Waals surface area (Å²) < 4.78 is 0. The van der Waals surface area contributed by atoms with Crippen LogP contribution >= 0.6 is 0 Å². The van der Waals surface area contributed by atoms with E-state index in [1.54, 1.807) is 0 Å². The highest BCUT2D eigenvalue weighted by molar-refractivity contribution is 5.74. The Morgan fingerprint density at radius 2 is 2.00 bits per heavy atom. The summed E-state index contributed by atoms with van der Waals surface area (Å²) in [5, 5.41) is 9.31. The first-order valence-electron chi connectivity index (χ1n) is 6.49. The second-order valence-electron chi connectivity index (χ2n) is 4.76. The molecule has 0 spiro atoms. The molecule has 16 heavy (non-hydrogen) atoms. The van der Waals surface area contributed by atoms with E-state index >= 15 is 0 Å². The number of hydrogen-bond donors (Lipinski definition) is 2. The lowest BCUT2D eigenvalue weighted by atomic mass is 9.75. The van der Waals surface area contributed by atoms with Gasteiger partial charge >= 0.3 is 5.97 Å². The minimum absolute atomic E-state index is 0.251. The Morgan fingerprint density at radius 3 is 2.31 bits per heavy atom. The third kappa shape index (κ3) is 4.12. The van der Waals surface area contributed by atoms with Crippen molar-refractivity contribution >= 4 is 5.97 Å². The molecule has 0 heterocycles. The average molecular weight is 229 g/mol. The number of carbonyl (C=O) groups is 1. The molecule has 0 saturated carbocycles. The molecule has 96 valence electrons. The Morgan fingerprint density at radius 1 is 1.38 bits per heavy atom. The summed E-state index contributed by atoms with van der Waals surface area (Å²) in [6, 6.07) is 0. The van der Waals surface area contributed by atoms with Crippen LogP contribution in [0.25, 0.3) is 0 Å². The lowest BCUT2D eigenvalue weighted by Crippen LogP contribution is -2.39. The zero-order valence-electron chi connectivity index (χ0n) is 11.0. The SMILES string of the molecule is CCCCC(CC)CC(CC)(CN)C(=O)O. The Balaban J connectivity index is 4.51. The summed E-state index contributed by atoms with van der Waals surface area (Å²) >= 11 is 0. The van der Waals surface area contributed by atoms with Crippen LogP contribution in [0.3, 0.4) is 0 Å². The van der Waals surface area contributed by atoms with Crippen LogP contribution in [-0.2, 0) is 4.79 Å². The zero-order chi connectivity index (χ0) is 12.6. The van der Waals surface area contributed by atoms with Crippen LogP contribution in [0.2, 0.25) is 0 Å². The number of nitrogens with two attached hydrogens (primary N) is 1. The number of hydrogen-bond acceptors (Lipinski definition) is 2. The summed E-state index contributed by atoms with van der Waals surface area (Å²) in [6.07, 6.45) is 5.89. The molecule has 0 aliphatic heterocycles. The van der Waals surface area contributed by atoms with E-state index in [9.17, 15) is 9.90 Å². The van der Waals surface area contributed by atoms with E-state index in [0.29, 0.717) is 12.3 Å². The average Bonchev–Trinajstić information content (AvgIpc) is 2.30. The molecule has 0 rings (SSSR count). The minimum Gasteiger partial charge on any atom is -0.481 e. The van der Waals surface area contributed by atoms with Gasteiger partial charge in [0, 0.05) is 6.54 Å². The number of aliphatic carboxylic acids is 1. The largest absolute Gasteiger partial charge is 0.481 e. The summed E-state index contributed by atoms with van der Waals surface area (Å²) in [6.45, 7) is 6.48. The van der Waals surface area contributed by atoms with Gasteiger partial charge < -0.3 is 10.8 Å². The van der Waals surface area contributed by atoms with Crippen molar-refractivity contribution in [2.75, 3.05) is 6.54 Å². The highest BCUT2D eigenvalue weighted by Gasteiger charge is 2.36. The molecule has 0 aromatic heterocycles. The number of carboxylic acids is 1. The van der Waals surface area contributed by atoms with Gasteiger partial charge in [-0.3, -0.25) is 4.79 Å². The van der Waals surface area contributed by atoms with Gasteiger partial charge in [0.2, 0.25) is 0 Å². The van der Waals surface area contributed by atoms with Crippen LogP contribution < -0.4 is 5.73 Å². The minimum atomic E-state index is -0.729. The predicted molar refractivity (Wildman–Crippen MR) is 67.3 cm³/mol. The monoisotopic (exact) mass is 229 g/mol. The van der Waals surface area contributed by atoms with Crippen LogP contribution in [-0.4, -0.2) is 17.6 Å². The van der Waals surface area contributed by atoms with E-state index in [2.05, 4.69) is 13.8 Å². The number of rotatable bonds is 9. The van der Waals surface area contributed by atoms with Gasteiger partial charge in [-0.2, -0.15) is 0 Å². The Labute approximate surface area is 99.4 Å². The maximum atomic E-state index is 11.3. The van der Waals surface area contributed by atoms with Crippen LogP contribution in [0.4, 0.5) is 0 Å². The maximum Gasteiger partial charge on any atom is 0.310 e. The van der Waals surface area contributed by atoms with Crippen LogP contribution in [0.5, 0.6) is 0 Å². The first kappa shape index (κ1) is 15.4. The summed E-state index contributed by atoms with van der Waals surface area (Å²) in [5.41, 5.74) is 4.97. The van der Waals surface area contributed by atoms with E-state index in [1.165, 1.54) is 12.8 Å². The molecule has 0 fully saturated rings. The zero-order valence-corrected chi connectivity index (χ0v) is 11.0. The molecule has 0 aliphatic rings. The van der Waals surface area contributed by atoms with Crippen LogP contribution in [0.1, 0.15) is 59.3 Å². The van der Waals surface area contributed by atoms with E-state index < -0.39 is 11.4 Å². The van der Waals surface area contributed by atoms with Gasteiger partial charge in [0.15, 0.2) is 0 Å². The van der Waals surface area contributed by atoms with Crippen molar-refractivity contribution in [1.29, 1.82) is 0 Å². The van der Waals surface area contributed by atoms with Gasteiger partial charge in [-0.05, 0) is 18.8 Å². The summed E-state index contributed by atoms with van der Waals surface area (Å²) in [7, 11) is 0. The number of unbranched alkanes of at least 4 members (excludes halogenated alkanes) is 1. The predicted octanol–water partition coefficient (Wildman–Crippen LogP) is 3.03. The fourth-order valence-corrected chi connectivity index (χ4v) is 2.19. The molecule has 3 N–H and O–H groups in total. The fraction of sp³-hybridized carbons (Fsp3) is 0.923. The molecule has 0 amide bonds. The first-order valence-corrected chi connectivity index (χ1v) is 6.49. The smallest absolute Gasteiger partial charge is 0.310 e. The van der Waals surface area contributed by atoms with E-state index in [0.717, 1.165) is 19.3 Å². The van der Waals surface area contributed by atoms with Gasteiger partial charge in [-0.1, -0.05) is 46.5 Å². The second kappa shape index (κ2) is 7.66. The Bertz CT molecular complexity index is 200. The lowest BCUT2D eigenvalue weighted by molar-refractivity contribution is -0.149. The van der Waals surface area contributed by atoms with E-state index in [1.807, 2.05) is 6.92 Å². The van der Waals surface area contributed by atoms with Gasteiger partial charge in [-0.15, -0.1) is 0 Å². The Kier molecular flexibility index (Phi) is 7.39. The molecule has 2 unspecified atom stereocenters. The highest BCUT2D eigenvalue weighted by atomic mass is 16.4. The van der Waals surface area contributed by atoms with Crippen LogP contribution in [0.15, 0.2) is 0 Å². The highest BCUT2D eigenvalue weighted by Crippen LogP contribution is 2.33. The van der Waals surface area contributed by atoms with Gasteiger partial charge in [-0.25, -0.2) is 0 Å². The first-order chi connectivity index (χ1) is 7.56. The van der Waals surface area contributed by atoms with Crippen molar-refractivity contribution < 1.29 is 9.90 Å². The quantitative estimate of drug-likeness (QED) is 0.638. The van der Waals surface area contributed by atoms with Crippen molar-refractivity contribution in [3.8, 4) is 0 Å². The van der Waals surface area contributed by atoms with E-state index in [4.69, 9.17) is 5.73 Å². The molecule has 0 aliphatic carbocycles. The van der Waals surface area contributed by atoms with Crippen molar-refractivity contribution in [2.45, 2.75) is 59.3 Å². The Hall–Kier alpha value is -0.570. The lowest BCUT2D eigenvalue weighted by Gasteiger charge is -2.30. The van der Waals surface area contributed by atoms with Crippen molar-refractivity contribution in [2.24, 2.45) is 17.1 Å². The third-order valence-electron chi connectivity index (χ3n) is 3.74. The molecule has 0 aromatic carbocycles. The standard InChI is InChI=1S/C13H27NO2/c1-4-7-8-11(5-2)9-13(6-3,10-14)12(15)16/h11H,4-10,14H2,1-3H3,(H,15,16). The normalized spacial score (nSPS) is 16.8. The molecular formula is C13H27NO2. The van der Waals surface area contributed by atoms with E-state index in [-0.39, 0.29) is 6.54 Å².